The van der Waals surface area contributed by atoms with Gasteiger partial charge >= 0.3 is 0 Å². The fourth-order valence-electron chi connectivity index (χ4n) is 2.64. The summed E-state index contributed by atoms with van der Waals surface area (Å²) in [4.78, 5) is 14.2. The van der Waals surface area contributed by atoms with Gasteiger partial charge in [-0.1, -0.05) is 13.8 Å². The zero-order chi connectivity index (χ0) is 10.8. The number of halogens is 1. The van der Waals surface area contributed by atoms with E-state index < -0.39 is 0 Å². The van der Waals surface area contributed by atoms with Crippen LogP contribution < -0.4 is 5.32 Å². The van der Waals surface area contributed by atoms with Crippen LogP contribution in [-0.2, 0) is 4.79 Å². The summed E-state index contributed by atoms with van der Waals surface area (Å²) in [5.74, 6) is 2.09. The Balaban J connectivity index is 0.00000128. The molecule has 2 heterocycles. The fourth-order valence-corrected chi connectivity index (χ4v) is 2.64. The minimum absolute atomic E-state index is 0. The van der Waals surface area contributed by atoms with Gasteiger partial charge in [-0.05, 0) is 24.7 Å². The number of nitrogens with one attached hydrogen (secondary N) is 1. The zero-order valence-electron chi connectivity index (χ0n) is 10.2. The third kappa shape index (κ3) is 3.11. The van der Waals surface area contributed by atoms with Gasteiger partial charge in [0.2, 0.25) is 5.91 Å². The predicted molar refractivity (Wildman–Crippen MR) is 67.7 cm³/mol. The second-order valence-electron chi connectivity index (χ2n) is 5.37. The zero-order valence-corrected chi connectivity index (χ0v) is 11.1. The van der Waals surface area contributed by atoms with E-state index in [4.69, 9.17) is 0 Å². The normalized spacial score (nSPS) is 31.2. The molecule has 0 aromatic carbocycles. The molecule has 2 atom stereocenters. The molecular formula is C12H23ClN2O. The lowest BCUT2D eigenvalue weighted by Crippen LogP contribution is -2.52. The molecule has 2 aliphatic heterocycles. The average molecular weight is 247 g/mol. The number of hydrogen-bond donors (Lipinski definition) is 1. The van der Waals surface area contributed by atoms with Gasteiger partial charge in [0.05, 0.1) is 5.92 Å². The molecule has 0 spiro atoms. The largest absolute Gasteiger partial charge is 0.342 e. The molecule has 0 bridgehead atoms. The van der Waals surface area contributed by atoms with Crippen molar-refractivity contribution in [2.24, 2.45) is 17.8 Å². The highest BCUT2D eigenvalue weighted by atomic mass is 35.5. The summed E-state index contributed by atoms with van der Waals surface area (Å²) in [5.41, 5.74) is 0. The summed E-state index contributed by atoms with van der Waals surface area (Å²) in [6, 6.07) is 0. The molecule has 2 aliphatic rings. The summed E-state index contributed by atoms with van der Waals surface area (Å²) in [6.07, 6.45) is 2.45. The van der Waals surface area contributed by atoms with Crippen molar-refractivity contribution >= 4 is 18.3 Å². The van der Waals surface area contributed by atoms with Gasteiger partial charge in [0, 0.05) is 26.2 Å². The third-order valence-corrected chi connectivity index (χ3v) is 3.67. The topological polar surface area (TPSA) is 32.3 Å². The Kier molecular flexibility index (Phi) is 5.06. The molecule has 2 rings (SSSR count). The Hall–Kier alpha value is -0.280. The molecule has 2 unspecified atom stereocenters. The number of nitrogens with zero attached hydrogens (tertiary/aromatic N) is 1. The molecule has 2 saturated heterocycles. The fraction of sp³-hybridized carbons (Fsp3) is 0.917. The maximum atomic E-state index is 12.1. The van der Waals surface area contributed by atoms with Crippen LogP contribution in [-0.4, -0.2) is 37.0 Å². The van der Waals surface area contributed by atoms with Gasteiger partial charge < -0.3 is 10.2 Å². The maximum absolute atomic E-state index is 12.1. The van der Waals surface area contributed by atoms with Gasteiger partial charge in [-0.25, -0.2) is 0 Å². The highest BCUT2D eigenvalue weighted by molar-refractivity contribution is 5.85. The summed E-state index contributed by atoms with van der Waals surface area (Å²) >= 11 is 0. The molecule has 94 valence electrons. The van der Waals surface area contributed by atoms with Gasteiger partial charge in [0.15, 0.2) is 0 Å². The van der Waals surface area contributed by atoms with Gasteiger partial charge in [-0.2, -0.15) is 0 Å². The molecule has 0 aromatic heterocycles. The Morgan fingerprint density at radius 3 is 2.50 bits per heavy atom. The first-order valence-corrected chi connectivity index (χ1v) is 6.16. The molecule has 2 fully saturated rings. The minimum atomic E-state index is 0. The smallest absolute Gasteiger partial charge is 0.228 e. The molecular weight excluding hydrogens is 224 g/mol. The van der Waals surface area contributed by atoms with Crippen molar-refractivity contribution in [3.8, 4) is 0 Å². The van der Waals surface area contributed by atoms with Crippen molar-refractivity contribution in [3.63, 3.8) is 0 Å². The van der Waals surface area contributed by atoms with Crippen molar-refractivity contribution in [2.75, 3.05) is 26.2 Å². The first-order chi connectivity index (χ1) is 7.16. The van der Waals surface area contributed by atoms with Crippen LogP contribution >= 0.6 is 12.4 Å². The number of carbonyl (C=O) groups is 1. The Bertz CT molecular complexity index is 243. The SMILES string of the molecule is CC1CCN(C(=O)C2CNC2)CC(C)C1.Cl. The Morgan fingerprint density at radius 1 is 1.25 bits per heavy atom. The van der Waals surface area contributed by atoms with E-state index in [0.717, 1.165) is 32.1 Å². The van der Waals surface area contributed by atoms with Crippen molar-refractivity contribution in [3.05, 3.63) is 0 Å². The van der Waals surface area contributed by atoms with Crippen LogP contribution in [0.2, 0.25) is 0 Å². The summed E-state index contributed by atoms with van der Waals surface area (Å²) in [5, 5.41) is 3.17. The molecule has 0 aliphatic carbocycles. The monoisotopic (exact) mass is 246 g/mol. The number of amides is 1. The molecule has 1 N–H and O–H groups in total. The van der Waals surface area contributed by atoms with Crippen molar-refractivity contribution in [2.45, 2.75) is 26.7 Å². The second-order valence-corrected chi connectivity index (χ2v) is 5.37. The quantitative estimate of drug-likeness (QED) is 0.761. The first-order valence-electron chi connectivity index (χ1n) is 6.16. The van der Waals surface area contributed by atoms with Crippen LogP contribution in [0.15, 0.2) is 0 Å². The van der Waals surface area contributed by atoms with E-state index in [9.17, 15) is 4.79 Å². The predicted octanol–water partition coefficient (Wildman–Crippen LogP) is 1.52. The van der Waals surface area contributed by atoms with E-state index >= 15 is 0 Å². The van der Waals surface area contributed by atoms with E-state index in [2.05, 4.69) is 24.1 Å². The van der Waals surface area contributed by atoms with Crippen LogP contribution in [0.4, 0.5) is 0 Å². The average Bonchev–Trinajstić information content (AvgIpc) is 2.23. The van der Waals surface area contributed by atoms with E-state index in [0.29, 0.717) is 11.8 Å². The second kappa shape index (κ2) is 5.87. The van der Waals surface area contributed by atoms with Gasteiger partial charge in [0.25, 0.3) is 0 Å². The highest BCUT2D eigenvalue weighted by Crippen LogP contribution is 2.22. The van der Waals surface area contributed by atoms with E-state index in [1.807, 2.05) is 0 Å². The summed E-state index contributed by atoms with van der Waals surface area (Å²) in [6.45, 7) is 8.29. The lowest BCUT2D eigenvalue weighted by Gasteiger charge is -2.32. The number of rotatable bonds is 1. The third-order valence-electron chi connectivity index (χ3n) is 3.67. The molecule has 0 saturated carbocycles. The standard InChI is InChI=1S/C12H22N2O.ClH/c1-9-3-4-14(8-10(2)5-9)12(15)11-6-13-7-11;/h9-11,13H,3-8H2,1-2H3;1H. The number of likely N-dealkylation sites (tertiary alicyclic amines) is 1. The summed E-state index contributed by atoms with van der Waals surface area (Å²) < 4.78 is 0. The number of hydrogen-bond acceptors (Lipinski definition) is 2. The minimum Gasteiger partial charge on any atom is -0.342 e. The van der Waals surface area contributed by atoms with Crippen LogP contribution in [0.5, 0.6) is 0 Å². The Morgan fingerprint density at radius 2 is 1.94 bits per heavy atom. The lowest BCUT2D eigenvalue weighted by atomic mass is 9.97. The first kappa shape index (κ1) is 13.8. The molecule has 0 radical (unpaired) electrons. The molecule has 1 amide bonds. The van der Waals surface area contributed by atoms with Crippen LogP contribution in [0.1, 0.15) is 26.7 Å². The van der Waals surface area contributed by atoms with Crippen LogP contribution in [0.3, 0.4) is 0 Å². The summed E-state index contributed by atoms with van der Waals surface area (Å²) in [7, 11) is 0. The Labute approximate surface area is 104 Å². The van der Waals surface area contributed by atoms with Crippen molar-refractivity contribution in [1.82, 2.24) is 10.2 Å². The van der Waals surface area contributed by atoms with Crippen LogP contribution in [0.25, 0.3) is 0 Å². The van der Waals surface area contributed by atoms with Gasteiger partial charge in [-0.3, -0.25) is 4.79 Å². The van der Waals surface area contributed by atoms with Crippen LogP contribution in [0, 0.1) is 17.8 Å². The van der Waals surface area contributed by atoms with E-state index in [1.165, 1.54) is 12.8 Å². The van der Waals surface area contributed by atoms with E-state index in [1.54, 1.807) is 0 Å². The van der Waals surface area contributed by atoms with Gasteiger partial charge in [-0.15, -0.1) is 12.4 Å². The lowest BCUT2D eigenvalue weighted by molar-refractivity contribution is -0.137. The molecule has 16 heavy (non-hydrogen) atoms. The highest BCUT2D eigenvalue weighted by Gasteiger charge is 2.31. The van der Waals surface area contributed by atoms with Crippen molar-refractivity contribution < 1.29 is 4.79 Å². The maximum Gasteiger partial charge on any atom is 0.228 e. The van der Waals surface area contributed by atoms with E-state index in [-0.39, 0.29) is 18.3 Å². The molecule has 4 heteroatoms. The van der Waals surface area contributed by atoms with Crippen molar-refractivity contribution in [1.29, 1.82) is 0 Å². The molecule has 3 nitrogen and oxygen atoms in total. The number of carbonyl (C=O) groups excluding carboxylic acids is 1. The molecule has 0 aromatic rings. The van der Waals surface area contributed by atoms with Gasteiger partial charge in [0.1, 0.15) is 0 Å².